The maximum absolute atomic E-state index is 13.4. The van der Waals surface area contributed by atoms with E-state index in [1.807, 2.05) is 0 Å². The van der Waals surface area contributed by atoms with Gasteiger partial charge in [-0.1, -0.05) is 23.7 Å². The molecule has 0 aliphatic rings. The minimum atomic E-state index is -4.71. The first-order valence-corrected chi connectivity index (χ1v) is 9.97. The highest BCUT2D eigenvalue weighted by Gasteiger charge is 2.36. The highest BCUT2D eigenvalue weighted by molar-refractivity contribution is 6.30. The number of anilines is 1. The number of alkyl halides is 3. The van der Waals surface area contributed by atoms with Gasteiger partial charge in [-0.15, -0.1) is 0 Å². The Morgan fingerprint density at radius 3 is 2.55 bits per heavy atom. The first-order valence-electron chi connectivity index (χ1n) is 9.59. The van der Waals surface area contributed by atoms with Gasteiger partial charge in [0.05, 0.1) is 23.8 Å². The molecule has 2 heterocycles. The van der Waals surface area contributed by atoms with Crippen LogP contribution in [0, 0.1) is 0 Å². The van der Waals surface area contributed by atoms with Crippen molar-refractivity contribution in [3.8, 4) is 5.69 Å². The summed E-state index contributed by atoms with van der Waals surface area (Å²) in [5, 5.41) is 14.8. The maximum atomic E-state index is 13.4. The average Bonchev–Trinajstić information content (AvgIpc) is 3.22. The second-order valence-corrected chi connectivity index (χ2v) is 7.57. The number of pyridine rings is 1. The molecule has 0 radical (unpaired) electrons. The molecule has 1 atom stereocenters. The van der Waals surface area contributed by atoms with Crippen molar-refractivity contribution < 1.29 is 27.9 Å². The van der Waals surface area contributed by atoms with Crippen LogP contribution in [0.25, 0.3) is 5.69 Å². The zero-order chi connectivity index (χ0) is 24.3. The molecule has 0 saturated heterocycles. The van der Waals surface area contributed by atoms with Crippen LogP contribution < -0.4 is 10.2 Å². The average molecular weight is 482 g/mol. The number of carboxylic acid groups (broad SMARTS) is 1. The minimum absolute atomic E-state index is 0.00309. The number of hydrogen-bond donors (Lipinski definition) is 2. The van der Waals surface area contributed by atoms with Gasteiger partial charge < -0.3 is 10.4 Å². The van der Waals surface area contributed by atoms with Gasteiger partial charge in [-0.05, 0) is 36.8 Å². The first kappa shape index (κ1) is 24.1. The van der Waals surface area contributed by atoms with Gasteiger partial charge in [0, 0.05) is 24.3 Å². The summed E-state index contributed by atoms with van der Waals surface area (Å²) in [5.41, 5.74) is 0.0674. The number of amides is 2. The van der Waals surface area contributed by atoms with Gasteiger partial charge in [0.2, 0.25) is 5.91 Å². The molecular weight excluding hydrogens is 463 g/mol. The van der Waals surface area contributed by atoms with Gasteiger partial charge in [0.1, 0.15) is 5.82 Å². The summed E-state index contributed by atoms with van der Waals surface area (Å²) in [6, 6.07) is 10.1. The van der Waals surface area contributed by atoms with E-state index in [9.17, 15) is 22.8 Å². The predicted octanol–water partition coefficient (Wildman–Crippen LogP) is 4.47. The lowest BCUT2D eigenvalue weighted by molar-refractivity contribution is -0.141. The molecule has 0 bridgehead atoms. The van der Waals surface area contributed by atoms with Crippen molar-refractivity contribution in [2.24, 2.45) is 0 Å². The number of carbonyl (C=O) groups excluding carboxylic acids is 1. The molecule has 0 fully saturated rings. The standard InChI is InChI=1S/C21H19ClF3N5O3/c1-12(13-6-7-15(26-10-13)11-27-20(32)33)19(31)29(2)18-9-17(21(23,24)25)28-30(18)16-5-3-4-14(22)8-16/h3-10,12,27H,11H2,1-2H3,(H,32,33). The van der Waals surface area contributed by atoms with E-state index in [2.05, 4.69) is 15.4 Å². The number of aromatic nitrogens is 3. The topological polar surface area (TPSA) is 100 Å². The van der Waals surface area contributed by atoms with Crippen molar-refractivity contribution in [1.82, 2.24) is 20.1 Å². The van der Waals surface area contributed by atoms with Crippen molar-refractivity contribution >= 4 is 29.4 Å². The van der Waals surface area contributed by atoms with Crippen molar-refractivity contribution in [1.29, 1.82) is 0 Å². The number of nitrogens with one attached hydrogen (secondary N) is 1. The van der Waals surface area contributed by atoms with Gasteiger partial charge in [-0.25, -0.2) is 9.48 Å². The number of carbonyl (C=O) groups is 2. The van der Waals surface area contributed by atoms with Crippen LogP contribution in [0.3, 0.4) is 0 Å². The second kappa shape index (κ2) is 9.49. The van der Waals surface area contributed by atoms with Crippen LogP contribution in [0.5, 0.6) is 0 Å². The number of benzene rings is 1. The maximum Gasteiger partial charge on any atom is 0.435 e. The van der Waals surface area contributed by atoms with E-state index < -0.39 is 29.8 Å². The third kappa shape index (κ3) is 5.61. The quantitative estimate of drug-likeness (QED) is 0.541. The van der Waals surface area contributed by atoms with Gasteiger partial charge >= 0.3 is 12.3 Å². The molecule has 12 heteroatoms. The van der Waals surface area contributed by atoms with Gasteiger partial charge in [0.25, 0.3) is 0 Å². The fourth-order valence-electron chi connectivity index (χ4n) is 3.06. The van der Waals surface area contributed by atoms with Crippen LogP contribution >= 0.6 is 11.6 Å². The molecule has 3 rings (SSSR count). The Kier molecular flexibility index (Phi) is 6.92. The number of hydrogen-bond acceptors (Lipinski definition) is 4. The molecule has 2 N–H and O–H groups in total. The van der Waals surface area contributed by atoms with Crippen LogP contribution in [0.2, 0.25) is 5.02 Å². The summed E-state index contributed by atoms with van der Waals surface area (Å²) in [6.07, 6.45) is -4.48. The van der Waals surface area contributed by atoms with Crippen LogP contribution in [-0.2, 0) is 17.5 Å². The van der Waals surface area contributed by atoms with Crippen LogP contribution in [0.4, 0.5) is 23.8 Å². The predicted molar refractivity (Wildman–Crippen MR) is 115 cm³/mol. The lowest BCUT2D eigenvalue weighted by Gasteiger charge is -2.22. The molecule has 0 spiro atoms. The Bertz CT molecular complexity index is 1160. The van der Waals surface area contributed by atoms with Crippen LogP contribution in [-0.4, -0.2) is 38.9 Å². The smallest absolute Gasteiger partial charge is 0.435 e. The van der Waals surface area contributed by atoms with Crippen molar-refractivity contribution in [2.45, 2.75) is 25.6 Å². The third-order valence-electron chi connectivity index (χ3n) is 4.85. The molecule has 0 aliphatic heterocycles. The highest BCUT2D eigenvalue weighted by atomic mass is 35.5. The van der Waals surface area contributed by atoms with E-state index in [0.29, 0.717) is 16.3 Å². The number of halogens is 4. The lowest BCUT2D eigenvalue weighted by atomic mass is 10.0. The van der Waals surface area contributed by atoms with Gasteiger partial charge in [-0.3, -0.25) is 14.7 Å². The van der Waals surface area contributed by atoms with Crippen molar-refractivity contribution in [3.05, 3.63) is 70.6 Å². The molecule has 33 heavy (non-hydrogen) atoms. The highest BCUT2D eigenvalue weighted by Crippen LogP contribution is 2.33. The summed E-state index contributed by atoms with van der Waals surface area (Å²) in [4.78, 5) is 28.9. The SMILES string of the molecule is CC(C(=O)N(C)c1cc(C(F)(F)F)nn1-c1cccc(Cl)c1)c1ccc(CNC(=O)O)nc1. The molecular formula is C21H19ClF3N5O3. The van der Waals surface area contributed by atoms with E-state index in [-0.39, 0.29) is 18.1 Å². The molecule has 2 amide bonds. The van der Waals surface area contributed by atoms with Crippen molar-refractivity contribution in [3.63, 3.8) is 0 Å². The summed E-state index contributed by atoms with van der Waals surface area (Å²) >= 11 is 5.98. The van der Waals surface area contributed by atoms with Gasteiger partial charge in [-0.2, -0.15) is 18.3 Å². The van der Waals surface area contributed by atoms with Crippen LogP contribution in [0.1, 0.15) is 29.8 Å². The second-order valence-electron chi connectivity index (χ2n) is 7.14. The molecule has 3 aromatic rings. The van der Waals surface area contributed by atoms with Crippen molar-refractivity contribution in [2.75, 3.05) is 11.9 Å². The molecule has 174 valence electrons. The Morgan fingerprint density at radius 2 is 1.97 bits per heavy atom. The zero-order valence-corrected chi connectivity index (χ0v) is 18.2. The first-order chi connectivity index (χ1) is 15.5. The zero-order valence-electron chi connectivity index (χ0n) is 17.5. The summed E-state index contributed by atoms with van der Waals surface area (Å²) in [6.45, 7) is 1.59. The summed E-state index contributed by atoms with van der Waals surface area (Å²) in [7, 11) is 1.36. The molecule has 2 aromatic heterocycles. The van der Waals surface area contributed by atoms with Crippen LogP contribution in [0.15, 0.2) is 48.7 Å². The number of nitrogens with zero attached hydrogens (tertiary/aromatic N) is 4. The monoisotopic (exact) mass is 481 g/mol. The summed E-state index contributed by atoms with van der Waals surface area (Å²) < 4.78 is 41.1. The molecule has 0 aliphatic carbocycles. The Labute approximate surface area is 191 Å². The van der Waals surface area contributed by atoms with E-state index in [0.717, 1.165) is 15.6 Å². The molecule has 0 saturated carbocycles. The lowest BCUT2D eigenvalue weighted by Crippen LogP contribution is -2.32. The molecule has 1 aromatic carbocycles. The van der Waals surface area contributed by atoms with E-state index in [1.165, 1.54) is 25.4 Å². The minimum Gasteiger partial charge on any atom is -0.465 e. The van der Waals surface area contributed by atoms with E-state index in [1.54, 1.807) is 31.2 Å². The van der Waals surface area contributed by atoms with E-state index >= 15 is 0 Å². The van der Waals surface area contributed by atoms with Gasteiger partial charge in [0.15, 0.2) is 5.69 Å². The Balaban J connectivity index is 1.90. The van der Waals surface area contributed by atoms with E-state index in [4.69, 9.17) is 16.7 Å². The Morgan fingerprint density at radius 1 is 1.24 bits per heavy atom. The Hall–Kier alpha value is -3.60. The normalized spacial score (nSPS) is 12.3. The fourth-order valence-corrected chi connectivity index (χ4v) is 3.24. The third-order valence-corrected chi connectivity index (χ3v) is 5.08. The summed E-state index contributed by atoms with van der Waals surface area (Å²) in [5.74, 6) is -1.33. The fraction of sp³-hybridized carbons (Fsp3) is 0.238. The largest absolute Gasteiger partial charge is 0.465 e. The number of likely N-dealkylation sites (N-methyl/N-ethyl adjacent to an activating group) is 1. The molecule has 8 nitrogen and oxygen atoms in total. The molecule has 1 unspecified atom stereocenters. The number of rotatable bonds is 6.